The molecule has 114 valence electrons. The van der Waals surface area contributed by atoms with Gasteiger partial charge in [-0.3, -0.25) is 0 Å². The Hall–Kier alpha value is -1.09. The van der Waals surface area contributed by atoms with E-state index >= 15 is 0 Å². The molecule has 2 unspecified atom stereocenters. The lowest BCUT2D eigenvalue weighted by Gasteiger charge is -2.19. The predicted molar refractivity (Wildman–Crippen MR) is 82.5 cm³/mol. The molecule has 1 rings (SSSR count). The Labute approximate surface area is 122 Å². The third kappa shape index (κ3) is 4.78. The number of benzene rings is 1. The summed E-state index contributed by atoms with van der Waals surface area (Å²) in [5.74, 6) is 1.07. The molecule has 0 fully saturated rings. The van der Waals surface area contributed by atoms with Crippen molar-refractivity contribution in [3.8, 4) is 5.75 Å². The minimum absolute atomic E-state index is 0.220. The van der Waals surface area contributed by atoms with Gasteiger partial charge in [0.1, 0.15) is 11.6 Å². The first-order chi connectivity index (χ1) is 9.49. The monoisotopic (exact) mass is 281 g/mol. The summed E-state index contributed by atoms with van der Waals surface area (Å²) in [6.07, 6.45) is 4.72. The summed E-state index contributed by atoms with van der Waals surface area (Å²) in [6, 6.07) is 3.04. The first-order valence-corrected chi connectivity index (χ1v) is 7.67. The fraction of sp³-hybridized carbons (Fsp3) is 0.647. The highest BCUT2D eigenvalue weighted by Gasteiger charge is 2.14. The Kier molecular flexibility index (Phi) is 7.00. The summed E-state index contributed by atoms with van der Waals surface area (Å²) in [5.41, 5.74) is 7.26. The number of hydrogen-bond donors (Lipinski definition) is 1. The topological polar surface area (TPSA) is 35.2 Å². The SMILES string of the molecule is CCCCC(CC)COc1cc(C)c(F)cc1C(C)N. The molecule has 0 bridgehead atoms. The van der Waals surface area contributed by atoms with Gasteiger partial charge in [-0.25, -0.2) is 4.39 Å². The molecular weight excluding hydrogens is 253 g/mol. The molecule has 0 aliphatic rings. The molecule has 2 atom stereocenters. The van der Waals surface area contributed by atoms with Crippen LogP contribution >= 0.6 is 0 Å². The van der Waals surface area contributed by atoms with Crippen molar-refractivity contribution in [1.29, 1.82) is 0 Å². The van der Waals surface area contributed by atoms with Crippen molar-refractivity contribution < 1.29 is 9.13 Å². The highest BCUT2D eigenvalue weighted by atomic mass is 19.1. The maximum Gasteiger partial charge on any atom is 0.126 e. The number of rotatable bonds is 8. The van der Waals surface area contributed by atoms with E-state index in [1.165, 1.54) is 25.3 Å². The fourth-order valence-corrected chi connectivity index (χ4v) is 2.26. The van der Waals surface area contributed by atoms with Crippen molar-refractivity contribution in [2.45, 2.75) is 59.4 Å². The van der Waals surface area contributed by atoms with E-state index in [1.807, 2.05) is 6.92 Å². The minimum Gasteiger partial charge on any atom is -0.493 e. The molecule has 0 spiro atoms. The molecule has 1 aromatic rings. The Balaban J connectivity index is 2.77. The van der Waals surface area contributed by atoms with Gasteiger partial charge in [0.15, 0.2) is 0 Å². The Morgan fingerprint density at radius 1 is 1.30 bits per heavy atom. The van der Waals surface area contributed by atoms with Crippen LogP contribution in [0.2, 0.25) is 0 Å². The molecule has 0 aliphatic heterocycles. The molecule has 2 nitrogen and oxygen atoms in total. The summed E-state index contributed by atoms with van der Waals surface area (Å²) < 4.78 is 19.6. The zero-order chi connectivity index (χ0) is 15.1. The van der Waals surface area contributed by atoms with Crippen LogP contribution in [0.15, 0.2) is 12.1 Å². The number of halogens is 1. The predicted octanol–water partition coefficient (Wildman–Crippen LogP) is 4.75. The van der Waals surface area contributed by atoms with E-state index in [2.05, 4.69) is 13.8 Å². The van der Waals surface area contributed by atoms with Gasteiger partial charge in [0.05, 0.1) is 6.61 Å². The molecule has 0 saturated heterocycles. The lowest BCUT2D eigenvalue weighted by atomic mass is 10.0. The first-order valence-electron chi connectivity index (χ1n) is 7.67. The number of aryl methyl sites for hydroxylation is 1. The molecule has 3 heteroatoms. The molecule has 20 heavy (non-hydrogen) atoms. The summed E-state index contributed by atoms with van der Waals surface area (Å²) >= 11 is 0. The Bertz CT molecular complexity index is 418. The van der Waals surface area contributed by atoms with E-state index in [-0.39, 0.29) is 11.9 Å². The van der Waals surface area contributed by atoms with E-state index in [4.69, 9.17) is 10.5 Å². The Morgan fingerprint density at radius 3 is 2.55 bits per heavy atom. The maximum absolute atomic E-state index is 13.6. The molecular formula is C17H28FNO. The normalized spacial score (nSPS) is 14.1. The van der Waals surface area contributed by atoms with Gasteiger partial charge in [-0.2, -0.15) is 0 Å². The van der Waals surface area contributed by atoms with Crippen molar-refractivity contribution in [2.24, 2.45) is 11.7 Å². The fourth-order valence-electron chi connectivity index (χ4n) is 2.26. The van der Waals surface area contributed by atoms with Gasteiger partial charge < -0.3 is 10.5 Å². The zero-order valence-electron chi connectivity index (χ0n) is 13.2. The van der Waals surface area contributed by atoms with Crippen LogP contribution in [0.4, 0.5) is 4.39 Å². The second-order valence-corrected chi connectivity index (χ2v) is 5.66. The molecule has 0 aromatic heterocycles. The molecule has 0 aliphatic carbocycles. The summed E-state index contributed by atoms with van der Waals surface area (Å²) in [5, 5.41) is 0. The van der Waals surface area contributed by atoms with Crippen molar-refractivity contribution >= 4 is 0 Å². The van der Waals surface area contributed by atoms with Crippen molar-refractivity contribution in [3.05, 3.63) is 29.1 Å². The third-order valence-corrected chi connectivity index (χ3v) is 3.80. The third-order valence-electron chi connectivity index (χ3n) is 3.80. The average molecular weight is 281 g/mol. The average Bonchev–Trinajstić information content (AvgIpc) is 2.42. The lowest BCUT2D eigenvalue weighted by Crippen LogP contribution is -2.14. The van der Waals surface area contributed by atoms with Crippen LogP contribution in [0.5, 0.6) is 5.75 Å². The molecule has 1 aromatic carbocycles. The molecule has 2 N–H and O–H groups in total. The number of ether oxygens (including phenoxy) is 1. The first kappa shape index (κ1) is 17.0. The van der Waals surface area contributed by atoms with E-state index in [9.17, 15) is 4.39 Å². The molecule has 0 heterocycles. The van der Waals surface area contributed by atoms with Crippen LogP contribution in [0.3, 0.4) is 0 Å². The van der Waals surface area contributed by atoms with E-state index < -0.39 is 0 Å². The lowest BCUT2D eigenvalue weighted by molar-refractivity contribution is 0.230. The van der Waals surface area contributed by atoms with Crippen molar-refractivity contribution in [2.75, 3.05) is 6.61 Å². The zero-order valence-corrected chi connectivity index (χ0v) is 13.2. The van der Waals surface area contributed by atoms with Crippen LogP contribution in [0.25, 0.3) is 0 Å². The summed E-state index contributed by atoms with van der Waals surface area (Å²) in [4.78, 5) is 0. The maximum atomic E-state index is 13.6. The second-order valence-electron chi connectivity index (χ2n) is 5.66. The second kappa shape index (κ2) is 8.25. The Morgan fingerprint density at radius 2 is 2.00 bits per heavy atom. The summed E-state index contributed by atoms with van der Waals surface area (Å²) in [6.45, 7) is 8.67. The van der Waals surface area contributed by atoms with Crippen LogP contribution in [-0.2, 0) is 0 Å². The largest absolute Gasteiger partial charge is 0.493 e. The van der Waals surface area contributed by atoms with E-state index in [0.717, 1.165) is 17.7 Å². The number of hydrogen-bond acceptors (Lipinski definition) is 2. The van der Waals surface area contributed by atoms with Gasteiger partial charge in [0.2, 0.25) is 0 Å². The molecule has 0 radical (unpaired) electrons. The standard InChI is InChI=1S/C17H28FNO/c1-5-7-8-14(6-2)11-20-17-9-12(3)16(18)10-15(17)13(4)19/h9-10,13-14H,5-8,11,19H2,1-4H3. The number of nitrogens with two attached hydrogens (primary N) is 1. The van der Waals surface area contributed by atoms with Crippen LogP contribution in [0, 0.1) is 18.7 Å². The van der Waals surface area contributed by atoms with Crippen LogP contribution < -0.4 is 10.5 Å². The van der Waals surface area contributed by atoms with Gasteiger partial charge in [-0.1, -0.05) is 33.1 Å². The minimum atomic E-state index is -0.226. The van der Waals surface area contributed by atoms with Gasteiger partial charge in [0.25, 0.3) is 0 Å². The van der Waals surface area contributed by atoms with E-state index in [1.54, 1.807) is 13.0 Å². The van der Waals surface area contributed by atoms with Crippen molar-refractivity contribution in [1.82, 2.24) is 0 Å². The van der Waals surface area contributed by atoms with Gasteiger partial charge in [-0.05, 0) is 43.9 Å². The smallest absolute Gasteiger partial charge is 0.126 e. The van der Waals surface area contributed by atoms with Crippen molar-refractivity contribution in [3.63, 3.8) is 0 Å². The van der Waals surface area contributed by atoms with E-state index in [0.29, 0.717) is 18.1 Å². The molecule has 0 amide bonds. The highest BCUT2D eigenvalue weighted by molar-refractivity contribution is 5.39. The van der Waals surface area contributed by atoms with Crippen LogP contribution in [-0.4, -0.2) is 6.61 Å². The van der Waals surface area contributed by atoms with Gasteiger partial charge >= 0.3 is 0 Å². The quantitative estimate of drug-likeness (QED) is 0.746. The van der Waals surface area contributed by atoms with Gasteiger partial charge in [0, 0.05) is 11.6 Å². The van der Waals surface area contributed by atoms with Crippen LogP contribution in [0.1, 0.15) is 63.6 Å². The molecule has 0 saturated carbocycles. The van der Waals surface area contributed by atoms with Gasteiger partial charge in [-0.15, -0.1) is 0 Å². The summed E-state index contributed by atoms with van der Waals surface area (Å²) in [7, 11) is 0. The highest BCUT2D eigenvalue weighted by Crippen LogP contribution is 2.28. The number of unbranched alkanes of at least 4 members (excludes halogenated alkanes) is 1.